The number of rotatable bonds is 6. The number of benzene rings is 1. The van der Waals surface area contributed by atoms with Crippen LogP contribution >= 0.6 is 11.6 Å². The van der Waals surface area contributed by atoms with Crippen LogP contribution in [0.5, 0.6) is 0 Å². The van der Waals surface area contributed by atoms with Crippen LogP contribution in [0, 0.1) is 0 Å². The summed E-state index contributed by atoms with van der Waals surface area (Å²) in [6.45, 7) is 2.48. The molecule has 1 aromatic carbocycles. The van der Waals surface area contributed by atoms with Gasteiger partial charge in [0.25, 0.3) is 0 Å². The Kier molecular flexibility index (Phi) is 4.88. The van der Waals surface area contributed by atoms with Gasteiger partial charge in [0.15, 0.2) is 0 Å². The van der Waals surface area contributed by atoms with E-state index in [0.29, 0.717) is 19.4 Å². The summed E-state index contributed by atoms with van der Waals surface area (Å²) in [4.78, 5) is 10.7. The number of sulfonamides is 1. The number of aromatic carboxylic acids is 1. The van der Waals surface area contributed by atoms with Gasteiger partial charge in [0.2, 0.25) is 10.0 Å². The maximum Gasteiger partial charge on any atom is 0.335 e. The molecular weight excluding hydrogens is 318 g/mol. The first-order valence-corrected chi connectivity index (χ1v) is 8.36. The summed E-state index contributed by atoms with van der Waals surface area (Å²) in [5.41, 5.74) is -0.124. The second-order valence-electron chi connectivity index (χ2n) is 4.82. The predicted molar refractivity (Wildman–Crippen MR) is 77.2 cm³/mol. The molecule has 0 amide bonds. The quantitative estimate of drug-likeness (QED) is 0.829. The maximum absolute atomic E-state index is 12.3. The van der Waals surface area contributed by atoms with Gasteiger partial charge < -0.3 is 9.84 Å². The zero-order valence-electron chi connectivity index (χ0n) is 11.4. The van der Waals surface area contributed by atoms with Crippen molar-refractivity contribution in [3.63, 3.8) is 0 Å². The van der Waals surface area contributed by atoms with Crippen molar-refractivity contribution >= 4 is 27.6 Å². The van der Waals surface area contributed by atoms with Gasteiger partial charge in [0, 0.05) is 12.6 Å². The summed E-state index contributed by atoms with van der Waals surface area (Å²) < 4.78 is 32.4. The molecule has 0 aliphatic heterocycles. The lowest BCUT2D eigenvalue weighted by Gasteiger charge is -2.35. The summed E-state index contributed by atoms with van der Waals surface area (Å²) in [5.74, 6) is -1.21. The molecule has 1 saturated carbocycles. The smallest absolute Gasteiger partial charge is 0.335 e. The molecule has 1 aliphatic rings. The van der Waals surface area contributed by atoms with E-state index in [2.05, 4.69) is 4.72 Å². The molecule has 6 nitrogen and oxygen atoms in total. The highest BCUT2D eigenvalue weighted by Crippen LogP contribution is 2.27. The Hall–Kier alpha value is -1.15. The van der Waals surface area contributed by atoms with Gasteiger partial charge in [-0.3, -0.25) is 0 Å². The molecule has 1 aromatic rings. The number of halogens is 1. The number of hydrogen-bond acceptors (Lipinski definition) is 4. The first-order valence-electron chi connectivity index (χ1n) is 6.50. The van der Waals surface area contributed by atoms with Crippen molar-refractivity contribution in [3.8, 4) is 0 Å². The highest BCUT2D eigenvalue weighted by molar-refractivity contribution is 7.89. The first-order chi connectivity index (χ1) is 9.83. The van der Waals surface area contributed by atoms with Gasteiger partial charge in [-0.2, -0.15) is 0 Å². The third-order valence-corrected chi connectivity index (χ3v) is 5.29. The van der Waals surface area contributed by atoms with E-state index in [9.17, 15) is 13.2 Å². The number of carbonyl (C=O) groups is 1. The van der Waals surface area contributed by atoms with Crippen molar-refractivity contribution in [2.24, 2.45) is 0 Å². The largest absolute Gasteiger partial charge is 0.478 e. The van der Waals surface area contributed by atoms with Crippen LogP contribution < -0.4 is 4.72 Å². The molecule has 0 heterocycles. The van der Waals surface area contributed by atoms with E-state index in [1.165, 1.54) is 12.1 Å². The van der Waals surface area contributed by atoms with Gasteiger partial charge in [-0.15, -0.1) is 0 Å². The number of nitrogens with one attached hydrogen (secondary N) is 1. The zero-order chi connectivity index (χ0) is 15.6. The Morgan fingerprint density at radius 3 is 2.71 bits per heavy atom. The van der Waals surface area contributed by atoms with Gasteiger partial charge in [-0.1, -0.05) is 11.6 Å². The Labute approximate surface area is 128 Å². The third-order valence-electron chi connectivity index (χ3n) is 3.29. The SMILES string of the molecule is CCOC1CC(NS(=O)(=O)c2cc(C(=O)O)ccc2Cl)C1. The first kappa shape index (κ1) is 16.2. The standard InChI is InChI=1S/C13H16ClNO5S/c1-2-20-10-6-9(7-10)15-21(18,19)12-5-8(13(16)17)3-4-11(12)14/h3-5,9-10,15H,2,6-7H2,1H3,(H,16,17). The fraction of sp³-hybridized carbons (Fsp3) is 0.462. The molecule has 0 saturated heterocycles. The summed E-state index contributed by atoms with van der Waals surface area (Å²) in [5, 5.41) is 8.92. The highest BCUT2D eigenvalue weighted by atomic mass is 35.5. The fourth-order valence-electron chi connectivity index (χ4n) is 2.16. The van der Waals surface area contributed by atoms with Crippen LogP contribution in [-0.4, -0.2) is 38.2 Å². The summed E-state index contributed by atoms with van der Waals surface area (Å²) in [7, 11) is -3.85. The van der Waals surface area contributed by atoms with Crippen molar-refractivity contribution in [2.45, 2.75) is 36.8 Å². The monoisotopic (exact) mass is 333 g/mol. The second-order valence-corrected chi connectivity index (χ2v) is 6.91. The van der Waals surface area contributed by atoms with E-state index in [1.807, 2.05) is 6.92 Å². The topological polar surface area (TPSA) is 92.7 Å². The molecule has 0 bridgehead atoms. The third kappa shape index (κ3) is 3.74. The molecule has 0 radical (unpaired) electrons. The van der Waals surface area contributed by atoms with Crippen molar-refractivity contribution in [2.75, 3.05) is 6.61 Å². The van der Waals surface area contributed by atoms with Crippen LogP contribution in [0.15, 0.2) is 23.1 Å². The van der Waals surface area contributed by atoms with Crippen LogP contribution in [0.3, 0.4) is 0 Å². The van der Waals surface area contributed by atoms with Gasteiger partial charge in [0.1, 0.15) is 4.90 Å². The molecule has 0 unspecified atom stereocenters. The van der Waals surface area contributed by atoms with Gasteiger partial charge in [0.05, 0.1) is 16.7 Å². The predicted octanol–water partition coefficient (Wildman–Crippen LogP) is 1.88. The second kappa shape index (κ2) is 6.31. The molecule has 21 heavy (non-hydrogen) atoms. The Morgan fingerprint density at radius 1 is 1.48 bits per heavy atom. The molecule has 8 heteroatoms. The number of ether oxygens (including phenoxy) is 1. The van der Waals surface area contributed by atoms with Gasteiger partial charge >= 0.3 is 5.97 Å². The Morgan fingerprint density at radius 2 is 2.14 bits per heavy atom. The normalized spacial score (nSPS) is 21.8. The molecule has 1 fully saturated rings. The molecule has 2 N–H and O–H groups in total. The van der Waals surface area contributed by atoms with Crippen LogP contribution in [0.25, 0.3) is 0 Å². The maximum atomic E-state index is 12.3. The van der Waals surface area contributed by atoms with Crippen molar-refractivity contribution in [1.82, 2.24) is 4.72 Å². The minimum atomic E-state index is -3.85. The van der Waals surface area contributed by atoms with E-state index in [4.69, 9.17) is 21.4 Å². The molecule has 116 valence electrons. The summed E-state index contributed by atoms with van der Waals surface area (Å²) >= 11 is 5.87. The van der Waals surface area contributed by atoms with E-state index in [-0.39, 0.29) is 27.6 Å². The molecule has 0 spiro atoms. The number of carboxylic acid groups (broad SMARTS) is 1. The molecule has 0 atom stereocenters. The summed E-state index contributed by atoms with van der Waals surface area (Å²) in [6, 6.07) is 3.38. The van der Waals surface area contributed by atoms with Crippen LogP contribution in [0.1, 0.15) is 30.1 Å². The van der Waals surface area contributed by atoms with E-state index in [1.54, 1.807) is 0 Å². The van der Waals surface area contributed by atoms with Gasteiger partial charge in [-0.05, 0) is 38.0 Å². The minimum absolute atomic E-state index is 0.00631. The Bertz CT molecular complexity index is 640. The summed E-state index contributed by atoms with van der Waals surface area (Å²) in [6.07, 6.45) is 1.27. The number of hydrogen-bond donors (Lipinski definition) is 2. The van der Waals surface area contributed by atoms with E-state index in [0.717, 1.165) is 6.07 Å². The lowest BCUT2D eigenvalue weighted by atomic mass is 9.90. The van der Waals surface area contributed by atoms with Crippen molar-refractivity contribution in [3.05, 3.63) is 28.8 Å². The van der Waals surface area contributed by atoms with Crippen LogP contribution in [0.4, 0.5) is 0 Å². The number of carboxylic acids is 1. The molecule has 1 aliphatic carbocycles. The minimum Gasteiger partial charge on any atom is -0.478 e. The molecule has 0 aromatic heterocycles. The zero-order valence-corrected chi connectivity index (χ0v) is 12.9. The molecular formula is C13H16ClNO5S. The highest BCUT2D eigenvalue weighted by Gasteiger charge is 2.33. The average Bonchev–Trinajstić information content (AvgIpc) is 2.36. The Balaban J connectivity index is 2.13. The lowest BCUT2D eigenvalue weighted by Crippen LogP contribution is -2.47. The molecule has 2 rings (SSSR count). The van der Waals surface area contributed by atoms with Gasteiger partial charge in [-0.25, -0.2) is 17.9 Å². The lowest BCUT2D eigenvalue weighted by molar-refractivity contribution is -0.00476. The van der Waals surface area contributed by atoms with Crippen molar-refractivity contribution < 1.29 is 23.1 Å². The van der Waals surface area contributed by atoms with E-state index >= 15 is 0 Å². The van der Waals surface area contributed by atoms with Crippen molar-refractivity contribution in [1.29, 1.82) is 0 Å². The average molecular weight is 334 g/mol. The fourth-order valence-corrected chi connectivity index (χ4v) is 3.95. The van der Waals surface area contributed by atoms with Crippen LogP contribution in [-0.2, 0) is 14.8 Å². The van der Waals surface area contributed by atoms with E-state index < -0.39 is 16.0 Å². The van der Waals surface area contributed by atoms with Crippen LogP contribution in [0.2, 0.25) is 5.02 Å².